The topological polar surface area (TPSA) is 64.6 Å². The summed E-state index contributed by atoms with van der Waals surface area (Å²) >= 11 is 0. The van der Waals surface area contributed by atoms with E-state index in [0.717, 1.165) is 18.4 Å². The molecule has 1 aliphatic carbocycles. The van der Waals surface area contributed by atoms with Crippen LogP contribution in [0.3, 0.4) is 0 Å². The molecule has 0 spiro atoms. The van der Waals surface area contributed by atoms with Crippen molar-refractivity contribution in [2.24, 2.45) is 0 Å². The molecule has 1 N–H and O–H groups in total. The molecule has 1 saturated carbocycles. The van der Waals surface area contributed by atoms with Crippen LogP contribution in [0.15, 0.2) is 54.6 Å². The molecular formula is C23H27NO4. The van der Waals surface area contributed by atoms with Gasteiger partial charge in [0.05, 0.1) is 0 Å². The number of esters is 1. The highest BCUT2D eigenvalue weighted by Crippen LogP contribution is 2.19. The Balaban J connectivity index is 1.47. The Hall–Kier alpha value is -2.82. The molecule has 1 aliphatic rings. The Morgan fingerprint density at radius 3 is 2.36 bits per heavy atom. The van der Waals surface area contributed by atoms with Gasteiger partial charge in [0.15, 0.2) is 6.10 Å². The largest absolute Gasteiger partial charge is 0.479 e. The van der Waals surface area contributed by atoms with Crippen LogP contribution in [0.2, 0.25) is 0 Å². The molecular weight excluding hydrogens is 354 g/mol. The molecule has 0 aliphatic heterocycles. The second-order valence-corrected chi connectivity index (χ2v) is 7.19. The summed E-state index contributed by atoms with van der Waals surface area (Å²) in [6.07, 6.45) is 4.98. The SMILES string of the molecule is C[C@@H](Oc1ccc(C(=O)NC2CCCCC2)cc1)C(=O)OCc1ccccc1. The van der Waals surface area contributed by atoms with Crippen LogP contribution in [0.1, 0.15) is 54.9 Å². The molecule has 0 aromatic heterocycles. The van der Waals surface area contributed by atoms with Gasteiger partial charge in [-0.25, -0.2) is 4.79 Å². The molecule has 148 valence electrons. The fourth-order valence-electron chi connectivity index (χ4n) is 3.30. The number of hydrogen-bond acceptors (Lipinski definition) is 4. The summed E-state index contributed by atoms with van der Waals surface area (Å²) in [5.41, 5.74) is 1.52. The Morgan fingerprint density at radius 1 is 1.00 bits per heavy atom. The summed E-state index contributed by atoms with van der Waals surface area (Å²) in [4.78, 5) is 24.5. The maximum Gasteiger partial charge on any atom is 0.347 e. The van der Waals surface area contributed by atoms with E-state index in [1.54, 1.807) is 31.2 Å². The summed E-state index contributed by atoms with van der Waals surface area (Å²) in [6.45, 7) is 1.87. The standard InChI is InChI=1S/C23H27NO4/c1-17(23(26)27-16-18-8-4-2-5-9-18)28-21-14-12-19(13-15-21)22(25)24-20-10-6-3-7-11-20/h2,4-5,8-9,12-15,17,20H,3,6-7,10-11,16H2,1H3,(H,24,25)/t17-/m1/s1. The smallest absolute Gasteiger partial charge is 0.347 e. The first-order valence-corrected chi connectivity index (χ1v) is 9.90. The van der Waals surface area contributed by atoms with Gasteiger partial charge in [-0.2, -0.15) is 0 Å². The van der Waals surface area contributed by atoms with Gasteiger partial charge in [0.2, 0.25) is 0 Å². The third-order valence-electron chi connectivity index (χ3n) is 4.93. The zero-order valence-electron chi connectivity index (χ0n) is 16.2. The number of carbonyl (C=O) groups is 2. The monoisotopic (exact) mass is 381 g/mol. The predicted octanol–water partition coefficient (Wildman–Crippen LogP) is 4.26. The van der Waals surface area contributed by atoms with E-state index in [-0.39, 0.29) is 18.6 Å². The number of rotatable bonds is 7. The molecule has 0 heterocycles. The van der Waals surface area contributed by atoms with Crippen LogP contribution >= 0.6 is 0 Å². The number of hydrogen-bond donors (Lipinski definition) is 1. The van der Waals surface area contributed by atoms with E-state index in [0.29, 0.717) is 11.3 Å². The highest BCUT2D eigenvalue weighted by atomic mass is 16.6. The molecule has 2 aromatic carbocycles. The van der Waals surface area contributed by atoms with Crippen molar-refractivity contribution in [2.75, 3.05) is 0 Å². The fraction of sp³-hybridized carbons (Fsp3) is 0.391. The first kappa shape index (κ1) is 19.9. The normalized spacial score (nSPS) is 15.5. The third-order valence-corrected chi connectivity index (χ3v) is 4.93. The summed E-state index contributed by atoms with van der Waals surface area (Å²) in [5, 5.41) is 3.09. The van der Waals surface area contributed by atoms with Gasteiger partial charge < -0.3 is 14.8 Å². The van der Waals surface area contributed by atoms with Crippen LogP contribution in [-0.4, -0.2) is 24.0 Å². The van der Waals surface area contributed by atoms with E-state index in [2.05, 4.69) is 5.32 Å². The molecule has 5 heteroatoms. The fourth-order valence-corrected chi connectivity index (χ4v) is 3.30. The van der Waals surface area contributed by atoms with Crippen LogP contribution in [0.5, 0.6) is 5.75 Å². The minimum atomic E-state index is -0.731. The van der Waals surface area contributed by atoms with Crippen LogP contribution in [0.4, 0.5) is 0 Å². The Bertz CT molecular complexity index is 767. The van der Waals surface area contributed by atoms with E-state index in [4.69, 9.17) is 9.47 Å². The van der Waals surface area contributed by atoms with Crippen molar-refractivity contribution >= 4 is 11.9 Å². The maximum absolute atomic E-state index is 12.3. The average molecular weight is 381 g/mol. The van der Waals surface area contributed by atoms with Crippen molar-refractivity contribution in [1.29, 1.82) is 0 Å². The van der Waals surface area contributed by atoms with Gasteiger partial charge >= 0.3 is 5.97 Å². The van der Waals surface area contributed by atoms with Crippen molar-refractivity contribution in [3.63, 3.8) is 0 Å². The number of ether oxygens (including phenoxy) is 2. The zero-order chi connectivity index (χ0) is 19.8. The van der Waals surface area contributed by atoms with Crippen LogP contribution in [-0.2, 0) is 16.1 Å². The van der Waals surface area contributed by atoms with Crippen molar-refractivity contribution in [2.45, 2.75) is 57.8 Å². The number of nitrogens with one attached hydrogen (secondary N) is 1. The van der Waals surface area contributed by atoms with E-state index in [9.17, 15) is 9.59 Å². The van der Waals surface area contributed by atoms with Crippen molar-refractivity contribution in [3.8, 4) is 5.75 Å². The minimum absolute atomic E-state index is 0.0613. The molecule has 1 atom stereocenters. The lowest BCUT2D eigenvalue weighted by Gasteiger charge is -2.22. The lowest BCUT2D eigenvalue weighted by atomic mass is 9.95. The van der Waals surface area contributed by atoms with Crippen molar-refractivity contribution in [3.05, 3.63) is 65.7 Å². The molecule has 2 aromatic rings. The first-order chi connectivity index (χ1) is 13.6. The van der Waals surface area contributed by atoms with Gasteiger partial charge in [-0.05, 0) is 49.6 Å². The zero-order valence-corrected chi connectivity index (χ0v) is 16.2. The maximum atomic E-state index is 12.3. The highest BCUT2D eigenvalue weighted by molar-refractivity contribution is 5.94. The van der Waals surface area contributed by atoms with Gasteiger partial charge in [-0.15, -0.1) is 0 Å². The molecule has 5 nitrogen and oxygen atoms in total. The van der Waals surface area contributed by atoms with Crippen LogP contribution < -0.4 is 10.1 Å². The molecule has 1 amide bonds. The van der Waals surface area contributed by atoms with Gasteiger partial charge in [-0.3, -0.25) is 4.79 Å². The second-order valence-electron chi connectivity index (χ2n) is 7.19. The molecule has 28 heavy (non-hydrogen) atoms. The first-order valence-electron chi connectivity index (χ1n) is 9.90. The predicted molar refractivity (Wildman–Crippen MR) is 107 cm³/mol. The highest BCUT2D eigenvalue weighted by Gasteiger charge is 2.18. The summed E-state index contributed by atoms with van der Waals surface area (Å²) in [7, 11) is 0. The van der Waals surface area contributed by atoms with Gasteiger partial charge in [0.1, 0.15) is 12.4 Å². The van der Waals surface area contributed by atoms with Crippen LogP contribution in [0.25, 0.3) is 0 Å². The van der Waals surface area contributed by atoms with E-state index >= 15 is 0 Å². The number of carbonyl (C=O) groups excluding carboxylic acids is 2. The summed E-state index contributed by atoms with van der Waals surface area (Å²) in [5.74, 6) is 0.0371. The van der Waals surface area contributed by atoms with Crippen LogP contribution in [0, 0.1) is 0 Å². The van der Waals surface area contributed by atoms with E-state index in [1.165, 1.54) is 19.3 Å². The minimum Gasteiger partial charge on any atom is -0.479 e. The average Bonchev–Trinajstić information content (AvgIpc) is 2.74. The Morgan fingerprint density at radius 2 is 1.68 bits per heavy atom. The van der Waals surface area contributed by atoms with E-state index < -0.39 is 12.1 Å². The van der Waals surface area contributed by atoms with E-state index in [1.807, 2.05) is 30.3 Å². The summed E-state index contributed by atoms with van der Waals surface area (Å²) < 4.78 is 10.9. The second kappa shape index (κ2) is 9.93. The Kier molecular flexibility index (Phi) is 7.06. The third kappa shape index (κ3) is 5.84. The molecule has 0 bridgehead atoms. The number of amides is 1. The van der Waals surface area contributed by atoms with Gasteiger partial charge in [-0.1, -0.05) is 49.6 Å². The lowest BCUT2D eigenvalue weighted by Crippen LogP contribution is -2.36. The lowest BCUT2D eigenvalue weighted by molar-refractivity contribution is -0.152. The molecule has 0 unspecified atom stereocenters. The summed E-state index contributed by atoms with van der Waals surface area (Å²) in [6, 6.07) is 16.6. The molecule has 0 saturated heterocycles. The van der Waals surface area contributed by atoms with Crippen molar-refractivity contribution < 1.29 is 19.1 Å². The van der Waals surface area contributed by atoms with Gasteiger partial charge in [0, 0.05) is 11.6 Å². The number of benzene rings is 2. The van der Waals surface area contributed by atoms with Gasteiger partial charge in [0.25, 0.3) is 5.91 Å². The van der Waals surface area contributed by atoms with Crippen molar-refractivity contribution in [1.82, 2.24) is 5.32 Å². The molecule has 3 rings (SSSR count). The molecule has 1 fully saturated rings. The molecule has 0 radical (unpaired) electrons. The Labute approximate surface area is 166 Å². The quantitative estimate of drug-likeness (QED) is 0.728.